The summed E-state index contributed by atoms with van der Waals surface area (Å²) in [6, 6.07) is -0.988. The van der Waals surface area contributed by atoms with Crippen LogP contribution >= 0.6 is 12.6 Å². The first-order chi connectivity index (χ1) is 13.1. The Morgan fingerprint density at radius 2 is 1.93 bits per heavy atom. The molecule has 0 fully saturated rings. The Kier molecular flexibility index (Phi) is 9.53. The monoisotopic (exact) mass is 403 g/mol. The molecule has 1 rings (SSSR count). The largest absolute Gasteiger partial charge is 0.480 e. The van der Waals surface area contributed by atoms with Gasteiger partial charge in [0.05, 0.1) is 0 Å². The summed E-state index contributed by atoms with van der Waals surface area (Å²) in [6.45, 7) is 10.7. The number of rotatable bonds is 8. The predicted octanol–water partition coefficient (Wildman–Crippen LogP) is 5.02. The summed E-state index contributed by atoms with van der Waals surface area (Å²) in [5.74, 6) is -1.49. The van der Waals surface area contributed by atoms with Crippen molar-refractivity contribution in [3.05, 3.63) is 58.7 Å². The van der Waals surface area contributed by atoms with E-state index in [-0.39, 0.29) is 11.2 Å². The van der Waals surface area contributed by atoms with E-state index in [1.54, 1.807) is 6.92 Å². The average molecular weight is 404 g/mol. The first-order valence-electron chi connectivity index (χ1n) is 9.62. The molecule has 0 aromatic rings. The van der Waals surface area contributed by atoms with Gasteiger partial charge in [0.15, 0.2) is 0 Å². The second kappa shape index (κ2) is 11.1. The third-order valence-corrected chi connectivity index (χ3v) is 5.29. The number of carboxylic acids is 1. The van der Waals surface area contributed by atoms with Gasteiger partial charge in [-0.05, 0) is 56.6 Å². The maximum absolute atomic E-state index is 11.8. The van der Waals surface area contributed by atoms with Crippen molar-refractivity contribution in [2.24, 2.45) is 5.41 Å². The van der Waals surface area contributed by atoms with Gasteiger partial charge in [0.25, 0.3) is 0 Å². The summed E-state index contributed by atoms with van der Waals surface area (Å²) in [6.07, 6.45) is 15.1. The molecule has 0 saturated heterocycles. The first kappa shape index (κ1) is 24.0. The van der Waals surface area contributed by atoms with Crippen molar-refractivity contribution in [2.75, 3.05) is 5.75 Å². The zero-order valence-electron chi connectivity index (χ0n) is 17.6. The normalized spacial score (nSPS) is 19.4. The molecule has 154 valence electrons. The number of amides is 1. The second-order valence-electron chi connectivity index (χ2n) is 8.00. The highest BCUT2D eigenvalue weighted by Gasteiger charge is 2.26. The van der Waals surface area contributed by atoms with Crippen molar-refractivity contribution in [1.29, 1.82) is 0 Å². The maximum atomic E-state index is 11.8. The zero-order valence-corrected chi connectivity index (χ0v) is 18.5. The van der Waals surface area contributed by atoms with Crippen molar-refractivity contribution in [2.45, 2.75) is 59.9 Å². The lowest BCUT2D eigenvalue weighted by molar-refractivity contribution is -0.140. The van der Waals surface area contributed by atoms with Gasteiger partial charge in [-0.25, -0.2) is 4.79 Å². The van der Waals surface area contributed by atoms with E-state index >= 15 is 0 Å². The number of thiol groups is 1. The topological polar surface area (TPSA) is 66.4 Å². The van der Waals surface area contributed by atoms with Gasteiger partial charge in [0.2, 0.25) is 5.91 Å². The molecule has 0 heterocycles. The Bertz CT molecular complexity index is 739. The quantitative estimate of drug-likeness (QED) is 0.303. The minimum atomic E-state index is -1.10. The fourth-order valence-corrected chi connectivity index (χ4v) is 3.53. The Balaban J connectivity index is 2.72. The molecule has 1 aliphatic rings. The van der Waals surface area contributed by atoms with E-state index in [1.807, 2.05) is 25.2 Å². The SMILES string of the molecule is CC(C=CC1=C(C)CCCC1(C)C)=CC=C/C(C)=C\C(=O)N[C@@H](CS)C(=O)O. The van der Waals surface area contributed by atoms with E-state index in [0.29, 0.717) is 0 Å². The smallest absolute Gasteiger partial charge is 0.327 e. The Morgan fingerprint density at radius 3 is 2.50 bits per heavy atom. The molecule has 0 aromatic heterocycles. The fraction of sp³-hybridized carbons (Fsp3) is 0.478. The van der Waals surface area contributed by atoms with Crippen LogP contribution in [0.25, 0.3) is 0 Å². The predicted molar refractivity (Wildman–Crippen MR) is 120 cm³/mol. The summed E-state index contributed by atoms with van der Waals surface area (Å²) in [4.78, 5) is 22.8. The lowest BCUT2D eigenvalue weighted by Crippen LogP contribution is -2.41. The molecule has 0 saturated carbocycles. The van der Waals surface area contributed by atoms with Crippen molar-refractivity contribution in [1.82, 2.24) is 5.32 Å². The zero-order chi connectivity index (χ0) is 21.3. The molecule has 0 radical (unpaired) electrons. The number of nitrogens with one attached hydrogen (secondary N) is 1. The van der Waals surface area contributed by atoms with Crippen LogP contribution in [0.4, 0.5) is 0 Å². The second-order valence-corrected chi connectivity index (χ2v) is 8.37. The van der Waals surface area contributed by atoms with Gasteiger partial charge in [-0.15, -0.1) is 0 Å². The van der Waals surface area contributed by atoms with Crippen molar-refractivity contribution in [3.63, 3.8) is 0 Å². The van der Waals surface area contributed by atoms with Gasteiger partial charge in [-0.1, -0.05) is 55.4 Å². The first-order valence-corrected chi connectivity index (χ1v) is 10.3. The number of allylic oxidation sites excluding steroid dienone is 9. The molecule has 4 nitrogen and oxygen atoms in total. The molecular weight excluding hydrogens is 370 g/mol. The van der Waals surface area contributed by atoms with E-state index in [0.717, 1.165) is 11.1 Å². The van der Waals surface area contributed by atoms with Crippen LogP contribution < -0.4 is 5.32 Å². The van der Waals surface area contributed by atoms with Crippen LogP contribution in [-0.2, 0) is 9.59 Å². The number of carboxylic acid groups (broad SMARTS) is 1. The maximum Gasteiger partial charge on any atom is 0.327 e. The number of hydrogen-bond acceptors (Lipinski definition) is 3. The van der Waals surface area contributed by atoms with Crippen LogP contribution in [0.15, 0.2) is 58.7 Å². The van der Waals surface area contributed by atoms with Crippen LogP contribution in [-0.4, -0.2) is 28.8 Å². The van der Waals surface area contributed by atoms with Gasteiger partial charge in [-0.2, -0.15) is 12.6 Å². The van der Waals surface area contributed by atoms with Gasteiger partial charge in [0, 0.05) is 11.8 Å². The fourth-order valence-electron chi connectivity index (χ4n) is 3.29. The van der Waals surface area contributed by atoms with Gasteiger partial charge < -0.3 is 10.4 Å². The number of hydrogen-bond donors (Lipinski definition) is 3. The Morgan fingerprint density at radius 1 is 1.25 bits per heavy atom. The Hall–Kier alpha value is -2.01. The van der Waals surface area contributed by atoms with Crippen LogP contribution in [0.5, 0.6) is 0 Å². The van der Waals surface area contributed by atoms with Gasteiger partial charge in [-0.3, -0.25) is 4.79 Å². The highest BCUT2D eigenvalue weighted by molar-refractivity contribution is 7.80. The molecule has 1 amide bonds. The Labute approximate surface area is 174 Å². The molecule has 28 heavy (non-hydrogen) atoms. The van der Waals surface area contributed by atoms with Crippen molar-refractivity contribution >= 4 is 24.5 Å². The highest BCUT2D eigenvalue weighted by atomic mass is 32.1. The molecule has 1 atom stereocenters. The standard InChI is InChI=1S/C23H33NO3S/c1-16(11-12-19-18(3)10-7-13-23(19,4)5)8-6-9-17(2)14-21(25)24-20(15-28)22(26)27/h6,8-9,11-12,14,20,28H,7,10,13,15H2,1-5H3,(H,24,25)(H,26,27)/b9-6?,12-11?,16-8?,17-14-/t20-/m0/s1. The third-order valence-electron chi connectivity index (χ3n) is 4.93. The summed E-state index contributed by atoms with van der Waals surface area (Å²) < 4.78 is 0. The van der Waals surface area contributed by atoms with E-state index in [4.69, 9.17) is 5.11 Å². The van der Waals surface area contributed by atoms with E-state index < -0.39 is 17.9 Å². The molecule has 0 aromatic carbocycles. The van der Waals surface area contributed by atoms with Crippen molar-refractivity contribution in [3.8, 4) is 0 Å². The van der Waals surface area contributed by atoms with Gasteiger partial charge >= 0.3 is 5.97 Å². The van der Waals surface area contributed by atoms with Crippen molar-refractivity contribution < 1.29 is 14.7 Å². The molecule has 0 unspecified atom stereocenters. The lowest BCUT2D eigenvalue weighted by atomic mass is 9.72. The van der Waals surface area contributed by atoms with Crippen LogP contribution in [0, 0.1) is 5.41 Å². The summed E-state index contributed by atoms with van der Waals surface area (Å²) >= 11 is 3.93. The third kappa shape index (κ3) is 7.93. The number of carbonyl (C=O) groups is 2. The van der Waals surface area contributed by atoms with Crippen LogP contribution in [0.1, 0.15) is 53.9 Å². The number of carbonyl (C=O) groups excluding carboxylic acids is 1. The molecule has 0 aliphatic heterocycles. The lowest BCUT2D eigenvalue weighted by Gasteiger charge is -2.32. The van der Waals surface area contributed by atoms with E-state index in [9.17, 15) is 9.59 Å². The minimum Gasteiger partial charge on any atom is -0.480 e. The summed E-state index contributed by atoms with van der Waals surface area (Å²) in [7, 11) is 0. The number of aliphatic carboxylic acids is 1. The molecule has 1 aliphatic carbocycles. The molecule has 0 bridgehead atoms. The highest BCUT2D eigenvalue weighted by Crippen LogP contribution is 2.40. The molecule has 5 heteroatoms. The average Bonchev–Trinajstić information content (AvgIpc) is 2.58. The van der Waals surface area contributed by atoms with E-state index in [2.05, 4.69) is 50.9 Å². The van der Waals surface area contributed by atoms with Crippen LogP contribution in [0.3, 0.4) is 0 Å². The minimum absolute atomic E-state index is 0.0464. The molecular formula is C23H33NO3S. The summed E-state index contributed by atoms with van der Waals surface area (Å²) in [5.41, 5.74) is 4.99. The molecule has 2 N–H and O–H groups in total. The summed E-state index contributed by atoms with van der Waals surface area (Å²) in [5, 5.41) is 11.3. The van der Waals surface area contributed by atoms with E-state index in [1.165, 1.54) is 36.5 Å². The molecule has 0 spiro atoms. The van der Waals surface area contributed by atoms with Crippen LogP contribution in [0.2, 0.25) is 0 Å². The van der Waals surface area contributed by atoms with Gasteiger partial charge in [0.1, 0.15) is 6.04 Å².